The van der Waals surface area contributed by atoms with Gasteiger partial charge in [0.15, 0.2) is 0 Å². The van der Waals surface area contributed by atoms with E-state index in [4.69, 9.17) is 17.3 Å². The molecule has 1 saturated heterocycles. The second-order valence-corrected chi connectivity index (χ2v) is 6.39. The highest BCUT2D eigenvalue weighted by Crippen LogP contribution is 2.35. The van der Waals surface area contributed by atoms with Crippen LogP contribution in [0.15, 0.2) is 18.2 Å². The summed E-state index contributed by atoms with van der Waals surface area (Å²) in [7, 11) is 0. The van der Waals surface area contributed by atoms with E-state index >= 15 is 0 Å². The van der Waals surface area contributed by atoms with Gasteiger partial charge in [-0.25, -0.2) is 0 Å². The van der Waals surface area contributed by atoms with Gasteiger partial charge in [0.05, 0.1) is 0 Å². The fourth-order valence-corrected chi connectivity index (χ4v) is 3.51. The molecule has 0 aliphatic carbocycles. The fraction of sp³-hybridized carbons (Fsp3) is 0.625. The third-order valence-corrected chi connectivity index (χ3v) is 4.75. The normalized spacial score (nSPS) is 27.6. The third kappa shape index (κ3) is 3.06. The molecule has 3 atom stereocenters. The Balaban J connectivity index is 2.37. The Hall–Kier alpha value is -0.730. The van der Waals surface area contributed by atoms with E-state index in [1.54, 1.807) is 0 Å². The highest BCUT2D eigenvalue weighted by Gasteiger charge is 2.30. The topological polar surface area (TPSA) is 29.3 Å². The average Bonchev–Trinajstić information content (AvgIpc) is 2.36. The number of anilines is 1. The van der Waals surface area contributed by atoms with E-state index in [-0.39, 0.29) is 0 Å². The molecule has 2 rings (SSSR count). The molecule has 0 amide bonds. The molecule has 1 aromatic carbocycles. The number of rotatable bonds is 3. The SMILES string of the molecule is CC1CC(C)C(C)N(c2cccc(Cl)c2CCN)C1. The Morgan fingerprint density at radius 1 is 1.32 bits per heavy atom. The van der Waals surface area contributed by atoms with Gasteiger partial charge in [0, 0.05) is 23.3 Å². The van der Waals surface area contributed by atoms with Crippen molar-refractivity contribution in [1.82, 2.24) is 0 Å². The maximum Gasteiger partial charge on any atom is 0.0459 e. The van der Waals surface area contributed by atoms with Crippen LogP contribution in [-0.2, 0) is 6.42 Å². The highest BCUT2D eigenvalue weighted by molar-refractivity contribution is 6.31. The molecule has 3 unspecified atom stereocenters. The molecule has 1 aromatic rings. The molecular formula is C16H25ClN2. The zero-order valence-corrected chi connectivity index (χ0v) is 13.0. The minimum Gasteiger partial charge on any atom is -0.368 e. The molecule has 3 heteroatoms. The number of nitrogens with zero attached hydrogens (tertiary/aromatic N) is 1. The van der Waals surface area contributed by atoms with Gasteiger partial charge in [0.25, 0.3) is 0 Å². The van der Waals surface area contributed by atoms with Crippen LogP contribution in [0.2, 0.25) is 5.02 Å². The molecule has 2 nitrogen and oxygen atoms in total. The van der Waals surface area contributed by atoms with Gasteiger partial charge in [-0.2, -0.15) is 0 Å². The Bertz CT molecular complexity index is 433. The van der Waals surface area contributed by atoms with Crippen LogP contribution in [-0.4, -0.2) is 19.1 Å². The molecule has 1 aliphatic heterocycles. The van der Waals surface area contributed by atoms with Crippen molar-refractivity contribution in [3.05, 3.63) is 28.8 Å². The first kappa shape index (κ1) is 14.7. The van der Waals surface area contributed by atoms with Crippen LogP contribution in [0.4, 0.5) is 5.69 Å². The number of nitrogens with two attached hydrogens (primary N) is 1. The summed E-state index contributed by atoms with van der Waals surface area (Å²) in [6, 6.07) is 6.77. The second-order valence-electron chi connectivity index (χ2n) is 5.99. The lowest BCUT2D eigenvalue weighted by Gasteiger charge is -2.43. The first-order valence-electron chi connectivity index (χ1n) is 7.28. The maximum absolute atomic E-state index is 6.37. The van der Waals surface area contributed by atoms with Gasteiger partial charge in [-0.1, -0.05) is 31.5 Å². The van der Waals surface area contributed by atoms with Gasteiger partial charge in [0.2, 0.25) is 0 Å². The summed E-state index contributed by atoms with van der Waals surface area (Å²) in [5, 5.41) is 0.848. The molecular weight excluding hydrogens is 256 g/mol. The molecule has 1 aliphatic rings. The van der Waals surface area contributed by atoms with E-state index in [9.17, 15) is 0 Å². The van der Waals surface area contributed by atoms with Crippen LogP contribution in [0.5, 0.6) is 0 Å². The van der Waals surface area contributed by atoms with Gasteiger partial charge in [-0.05, 0) is 55.8 Å². The number of benzene rings is 1. The van der Waals surface area contributed by atoms with Crippen LogP contribution in [0.25, 0.3) is 0 Å². The summed E-state index contributed by atoms with van der Waals surface area (Å²) in [5.74, 6) is 1.45. The minimum atomic E-state index is 0.561. The first-order chi connectivity index (χ1) is 9.04. The van der Waals surface area contributed by atoms with Crippen molar-refractivity contribution in [2.24, 2.45) is 17.6 Å². The lowest BCUT2D eigenvalue weighted by atomic mass is 9.85. The van der Waals surface area contributed by atoms with E-state index in [0.29, 0.717) is 18.5 Å². The number of hydrogen-bond acceptors (Lipinski definition) is 2. The number of halogens is 1. The summed E-state index contributed by atoms with van der Waals surface area (Å²) in [6.45, 7) is 8.76. The summed E-state index contributed by atoms with van der Waals surface area (Å²) in [4.78, 5) is 2.52. The van der Waals surface area contributed by atoms with Gasteiger partial charge < -0.3 is 10.6 Å². The third-order valence-electron chi connectivity index (χ3n) is 4.40. The standard InChI is InChI=1S/C16H25ClN2/c1-11-9-12(2)13(3)19(10-11)16-6-4-5-15(17)14(16)7-8-18/h4-6,11-13H,7-10,18H2,1-3H3. The van der Waals surface area contributed by atoms with E-state index in [1.165, 1.54) is 17.7 Å². The van der Waals surface area contributed by atoms with Crippen molar-refractivity contribution in [3.63, 3.8) is 0 Å². The van der Waals surface area contributed by atoms with E-state index in [2.05, 4.69) is 31.7 Å². The van der Waals surface area contributed by atoms with E-state index in [0.717, 1.165) is 23.9 Å². The Kier molecular flexibility index (Phi) is 4.75. The maximum atomic E-state index is 6.37. The molecule has 19 heavy (non-hydrogen) atoms. The molecule has 2 N–H and O–H groups in total. The smallest absolute Gasteiger partial charge is 0.0459 e. The minimum absolute atomic E-state index is 0.561. The lowest BCUT2D eigenvalue weighted by Crippen LogP contribution is -2.46. The predicted molar refractivity (Wildman–Crippen MR) is 84.0 cm³/mol. The first-order valence-corrected chi connectivity index (χ1v) is 7.66. The summed E-state index contributed by atoms with van der Waals surface area (Å²) in [5.41, 5.74) is 8.23. The van der Waals surface area contributed by atoms with Crippen LogP contribution in [0, 0.1) is 11.8 Å². The zero-order valence-electron chi connectivity index (χ0n) is 12.2. The van der Waals surface area contributed by atoms with Gasteiger partial charge in [0.1, 0.15) is 0 Å². The number of hydrogen-bond donors (Lipinski definition) is 1. The van der Waals surface area contributed by atoms with Gasteiger partial charge in [-0.15, -0.1) is 0 Å². The molecule has 0 radical (unpaired) electrons. The molecule has 0 aromatic heterocycles. The van der Waals surface area contributed by atoms with Crippen LogP contribution in [0.1, 0.15) is 32.8 Å². The Morgan fingerprint density at radius 3 is 2.74 bits per heavy atom. The second kappa shape index (κ2) is 6.15. The molecule has 0 bridgehead atoms. The molecule has 1 heterocycles. The highest BCUT2D eigenvalue weighted by atomic mass is 35.5. The van der Waals surface area contributed by atoms with Crippen LogP contribution < -0.4 is 10.6 Å². The molecule has 0 saturated carbocycles. The summed E-state index contributed by atoms with van der Waals surface area (Å²) < 4.78 is 0. The molecule has 106 valence electrons. The number of piperidine rings is 1. The lowest BCUT2D eigenvalue weighted by molar-refractivity contribution is 0.296. The van der Waals surface area contributed by atoms with E-state index in [1.807, 2.05) is 12.1 Å². The summed E-state index contributed by atoms with van der Waals surface area (Å²) >= 11 is 6.37. The van der Waals surface area contributed by atoms with Gasteiger partial charge >= 0.3 is 0 Å². The fourth-order valence-electron chi connectivity index (χ4n) is 3.24. The Morgan fingerprint density at radius 2 is 2.05 bits per heavy atom. The summed E-state index contributed by atoms with van der Waals surface area (Å²) in [6.07, 6.45) is 2.16. The van der Waals surface area contributed by atoms with Crippen LogP contribution >= 0.6 is 11.6 Å². The van der Waals surface area contributed by atoms with Crippen molar-refractivity contribution < 1.29 is 0 Å². The zero-order chi connectivity index (χ0) is 14.0. The van der Waals surface area contributed by atoms with E-state index < -0.39 is 0 Å². The predicted octanol–water partition coefficient (Wildman–Crippen LogP) is 3.71. The van der Waals surface area contributed by atoms with Crippen molar-refractivity contribution in [3.8, 4) is 0 Å². The largest absolute Gasteiger partial charge is 0.368 e. The van der Waals surface area contributed by atoms with Crippen molar-refractivity contribution in [2.75, 3.05) is 18.0 Å². The molecule has 1 fully saturated rings. The molecule has 0 spiro atoms. The van der Waals surface area contributed by atoms with Crippen molar-refractivity contribution in [1.29, 1.82) is 0 Å². The monoisotopic (exact) mass is 280 g/mol. The average molecular weight is 281 g/mol. The Labute approximate surface area is 121 Å². The van der Waals surface area contributed by atoms with Gasteiger partial charge in [-0.3, -0.25) is 0 Å². The quantitative estimate of drug-likeness (QED) is 0.914. The van der Waals surface area contributed by atoms with Crippen molar-refractivity contribution in [2.45, 2.75) is 39.7 Å². The van der Waals surface area contributed by atoms with Crippen molar-refractivity contribution >= 4 is 17.3 Å². The van der Waals surface area contributed by atoms with Crippen LogP contribution in [0.3, 0.4) is 0 Å².